The number of nitriles is 1. The van der Waals surface area contributed by atoms with Crippen LogP contribution in [0.15, 0.2) is 42.6 Å². The zero-order valence-electron chi connectivity index (χ0n) is 11.9. The number of H-pyrrole nitrogens is 1. The quantitative estimate of drug-likeness (QED) is 0.693. The number of nitrogens with zero attached hydrogens (tertiary/aromatic N) is 2. The minimum Gasteiger partial charge on any atom is -0.366 e. The van der Waals surface area contributed by atoms with Crippen LogP contribution in [0.25, 0.3) is 10.9 Å². The Kier molecular flexibility index (Phi) is 3.02. The van der Waals surface area contributed by atoms with Crippen molar-refractivity contribution in [2.45, 2.75) is 19.1 Å². The maximum absolute atomic E-state index is 9.58. The number of hydrogen-bond donors (Lipinski definition) is 3. The van der Waals surface area contributed by atoms with E-state index < -0.39 is 6.04 Å². The molecule has 1 aromatic heterocycles. The molecule has 4 rings (SSSR count). The van der Waals surface area contributed by atoms with Gasteiger partial charge in [-0.1, -0.05) is 18.2 Å². The van der Waals surface area contributed by atoms with Crippen LogP contribution in [0.3, 0.4) is 0 Å². The summed E-state index contributed by atoms with van der Waals surface area (Å²) in [5, 5.41) is 24.2. The summed E-state index contributed by atoms with van der Waals surface area (Å²) < 4.78 is 0. The van der Waals surface area contributed by atoms with Gasteiger partial charge < -0.3 is 10.6 Å². The van der Waals surface area contributed by atoms with E-state index in [1.54, 1.807) is 6.20 Å². The summed E-state index contributed by atoms with van der Waals surface area (Å²) in [4.78, 5) is 0. The average Bonchev–Trinajstić information content (AvgIpc) is 3.20. The molecule has 22 heavy (non-hydrogen) atoms. The Morgan fingerprint density at radius 3 is 3.00 bits per heavy atom. The third-order valence-electron chi connectivity index (χ3n) is 4.11. The molecule has 0 saturated carbocycles. The summed E-state index contributed by atoms with van der Waals surface area (Å²) in [6.45, 7) is 1.81. The van der Waals surface area contributed by atoms with Crippen molar-refractivity contribution >= 4 is 16.6 Å². The SMILES string of the molecule is N#C[C@H](Nc1ccc2c(c1)CNC2)c1cccc2[nH]ncc12. The molecule has 3 aromatic rings. The Morgan fingerprint density at radius 2 is 2.09 bits per heavy atom. The Balaban J connectivity index is 1.68. The van der Waals surface area contributed by atoms with Crippen molar-refractivity contribution in [2.75, 3.05) is 5.32 Å². The highest BCUT2D eigenvalue weighted by Gasteiger charge is 2.16. The number of aromatic amines is 1. The third kappa shape index (κ3) is 2.10. The molecule has 0 saturated heterocycles. The van der Waals surface area contributed by atoms with E-state index in [1.165, 1.54) is 11.1 Å². The van der Waals surface area contributed by atoms with Gasteiger partial charge in [0.25, 0.3) is 0 Å². The molecule has 0 aliphatic carbocycles. The molecule has 1 aliphatic heterocycles. The maximum Gasteiger partial charge on any atom is 0.140 e. The van der Waals surface area contributed by atoms with Crippen LogP contribution in [-0.2, 0) is 13.1 Å². The molecule has 0 bridgehead atoms. The lowest BCUT2D eigenvalue weighted by molar-refractivity contribution is 0.765. The molecule has 0 fully saturated rings. The second-order valence-corrected chi connectivity index (χ2v) is 5.47. The first-order valence-corrected chi connectivity index (χ1v) is 7.26. The van der Waals surface area contributed by atoms with Gasteiger partial charge in [0, 0.05) is 24.2 Å². The van der Waals surface area contributed by atoms with Crippen LogP contribution in [0.5, 0.6) is 0 Å². The summed E-state index contributed by atoms with van der Waals surface area (Å²) in [6.07, 6.45) is 1.77. The van der Waals surface area contributed by atoms with Crippen molar-refractivity contribution in [1.82, 2.24) is 15.5 Å². The fraction of sp³-hybridized carbons (Fsp3) is 0.176. The summed E-state index contributed by atoms with van der Waals surface area (Å²) in [5.41, 5.74) is 5.47. The van der Waals surface area contributed by atoms with Crippen molar-refractivity contribution in [3.63, 3.8) is 0 Å². The van der Waals surface area contributed by atoms with E-state index in [1.807, 2.05) is 24.3 Å². The van der Waals surface area contributed by atoms with E-state index in [0.29, 0.717) is 0 Å². The number of fused-ring (bicyclic) bond motifs is 2. The molecule has 0 spiro atoms. The maximum atomic E-state index is 9.58. The first-order chi connectivity index (χ1) is 10.8. The molecular formula is C17H15N5. The topological polar surface area (TPSA) is 76.5 Å². The Bertz CT molecular complexity index is 874. The van der Waals surface area contributed by atoms with Crippen molar-refractivity contribution < 1.29 is 0 Å². The largest absolute Gasteiger partial charge is 0.366 e. The predicted octanol–water partition coefficient (Wildman–Crippen LogP) is 2.84. The molecule has 2 aromatic carbocycles. The van der Waals surface area contributed by atoms with Gasteiger partial charge in [-0.15, -0.1) is 0 Å². The van der Waals surface area contributed by atoms with E-state index in [9.17, 15) is 5.26 Å². The molecule has 1 aliphatic rings. The second-order valence-electron chi connectivity index (χ2n) is 5.47. The van der Waals surface area contributed by atoms with Crippen molar-refractivity contribution in [3.05, 3.63) is 59.3 Å². The van der Waals surface area contributed by atoms with E-state index in [2.05, 4.69) is 39.0 Å². The van der Waals surface area contributed by atoms with Crippen molar-refractivity contribution in [1.29, 1.82) is 5.26 Å². The lowest BCUT2D eigenvalue weighted by Crippen LogP contribution is -2.09. The first kappa shape index (κ1) is 12.9. The highest BCUT2D eigenvalue weighted by atomic mass is 15.1. The minimum atomic E-state index is -0.409. The molecule has 0 radical (unpaired) electrons. The molecular weight excluding hydrogens is 274 g/mol. The highest BCUT2D eigenvalue weighted by Crippen LogP contribution is 2.27. The number of rotatable bonds is 3. The Morgan fingerprint density at radius 1 is 1.18 bits per heavy atom. The summed E-state index contributed by atoms with van der Waals surface area (Å²) >= 11 is 0. The van der Waals surface area contributed by atoms with Crippen LogP contribution >= 0.6 is 0 Å². The predicted molar refractivity (Wildman–Crippen MR) is 85.1 cm³/mol. The summed E-state index contributed by atoms with van der Waals surface area (Å²) in [7, 11) is 0. The molecule has 5 heteroatoms. The van der Waals surface area contributed by atoms with Crippen LogP contribution in [0.2, 0.25) is 0 Å². The summed E-state index contributed by atoms with van der Waals surface area (Å²) in [6, 6.07) is 14.1. The number of hydrogen-bond acceptors (Lipinski definition) is 4. The smallest absolute Gasteiger partial charge is 0.140 e. The molecule has 0 unspecified atom stereocenters. The van der Waals surface area contributed by atoms with Gasteiger partial charge in [-0.2, -0.15) is 10.4 Å². The lowest BCUT2D eigenvalue weighted by atomic mass is 10.0. The van der Waals surface area contributed by atoms with Crippen molar-refractivity contribution in [3.8, 4) is 6.07 Å². The van der Waals surface area contributed by atoms with Gasteiger partial charge in [0.05, 0.1) is 17.8 Å². The van der Waals surface area contributed by atoms with Crippen LogP contribution in [0.4, 0.5) is 5.69 Å². The fourth-order valence-corrected chi connectivity index (χ4v) is 2.97. The van der Waals surface area contributed by atoms with Gasteiger partial charge in [-0.25, -0.2) is 0 Å². The molecule has 108 valence electrons. The van der Waals surface area contributed by atoms with E-state index in [4.69, 9.17) is 0 Å². The number of nitrogens with one attached hydrogen (secondary N) is 3. The summed E-state index contributed by atoms with van der Waals surface area (Å²) in [5.74, 6) is 0. The zero-order valence-corrected chi connectivity index (χ0v) is 11.9. The Labute approximate surface area is 128 Å². The first-order valence-electron chi connectivity index (χ1n) is 7.26. The molecule has 3 N–H and O–H groups in total. The normalized spacial score (nSPS) is 14.5. The molecule has 2 heterocycles. The van der Waals surface area contributed by atoms with Gasteiger partial charge in [0.1, 0.15) is 6.04 Å². The molecule has 5 nitrogen and oxygen atoms in total. The van der Waals surface area contributed by atoms with Crippen molar-refractivity contribution in [2.24, 2.45) is 0 Å². The molecule has 0 amide bonds. The van der Waals surface area contributed by atoms with Gasteiger partial charge >= 0.3 is 0 Å². The third-order valence-corrected chi connectivity index (χ3v) is 4.11. The van der Waals surface area contributed by atoms with Crippen LogP contribution < -0.4 is 10.6 Å². The van der Waals surface area contributed by atoms with Crippen LogP contribution in [0.1, 0.15) is 22.7 Å². The second kappa shape index (κ2) is 5.17. The average molecular weight is 289 g/mol. The lowest BCUT2D eigenvalue weighted by Gasteiger charge is -2.15. The number of aromatic nitrogens is 2. The van der Waals surface area contributed by atoms with Gasteiger partial charge in [0.15, 0.2) is 0 Å². The van der Waals surface area contributed by atoms with E-state index in [-0.39, 0.29) is 0 Å². The zero-order chi connectivity index (χ0) is 14.9. The standard InChI is InChI=1S/C17H15N5/c18-7-17(14-2-1-3-16-15(14)10-20-22-16)21-13-5-4-11-8-19-9-12(11)6-13/h1-6,10,17,19,21H,8-9H2,(H,20,22)/t17-/m0/s1. The van der Waals surface area contributed by atoms with E-state index >= 15 is 0 Å². The van der Waals surface area contributed by atoms with Gasteiger partial charge in [0.2, 0.25) is 0 Å². The molecule has 1 atom stereocenters. The monoisotopic (exact) mass is 289 g/mol. The highest BCUT2D eigenvalue weighted by molar-refractivity contribution is 5.83. The Hall–Kier alpha value is -2.84. The number of benzene rings is 2. The van der Waals surface area contributed by atoms with E-state index in [0.717, 1.165) is 35.2 Å². The van der Waals surface area contributed by atoms with Crippen LogP contribution in [-0.4, -0.2) is 10.2 Å². The fourth-order valence-electron chi connectivity index (χ4n) is 2.97. The van der Waals surface area contributed by atoms with Gasteiger partial charge in [-0.3, -0.25) is 5.10 Å². The minimum absolute atomic E-state index is 0.409. The number of anilines is 1. The van der Waals surface area contributed by atoms with Gasteiger partial charge in [-0.05, 0) is 34.9 Å². The van der Waals surface area contributed by atoms with Crippen LogP contribution in [0, 0.1) is 11.3 Å².